The summed E-state index contributed by atoms with van der Waals surface area (Å²) in [5.41, 5.74) is 0. The maximum atomic E-state index is 10.5. The van der Waals surface area contributed by atoms with Crippen LogP contribution in [0.1, 0.15) is 39.5 Å². The molecule has 0 aromatic heterocycles. The average Bonchev–Trinajstić information content (AvgIpc) is 2.20. The van der Waals surface area contributed by atoms with Gasteiger partial charge in [0, 0.05) is 36.2 Å². The summed E-state index contributed by atoms with van der Waals surface area (Å²) in [5.74, 6) is -0.216. The third-order valence-corrected chi connectivity index (χ3v) is 3.42. The summed E-state index contributed by atoms with van der Waals surface area (Å²) in [6.07, 6.45) is 3.22. The summed E-state index contributed by atoms with van der Waals surface area (Å²) in [6.45, 7) is 4.68. The van der Waals surface area contributed by atoms with Crippen molar-refractivity contribution in [3.63, 3.8) is 0 Å². The zero-order valence-electron chi connectivity index (χ0n) is 11.6. The molecule has 2 unspecified atom stereocenters. The van der Waals surface area contributed by atoms with E-state index in [0.717, 1.165) is 25.7 Å². The van der Waals surface area contributed by atoms with Crippen molar-refractivity contribution in [3.05, 3.63) is 0 Å². The summed E-state index contributed by atoms with van der Waals surface area (Å²) >= 11 is 0. The number of hydrogen-bond acceptors (Lipinski definition) is 4. The van der Waals surface area contributed by atoms with Gasteiger partial charge in [0.25, 0.3) is 10.1 Å². The van der Waals surface area contributed by atoms with E-state index in [9.17, 15) is 13.5 Å². The Labute approximate surface area is 132 Å². The largest absolute Gasteiger partial charge is 0.390 e. The fourth-order valence-electron chi connectivity index (χ4n) is 1.56. The van der Waals surface area contributed by atoms with Crippen LogP contribution in [0.5, 0.6) is 0 Å². The molecular formula is C11H24NaO5S. The molecule has 5 nitrogen and oxygen atoms in total. The van der Waals surface area contributed by atoms with E-state index in [1.807, 2.05) is 0 Å². The van der Waals surface area contributed by atoms with Gasteiger partial charge in [-0.1, -0.05) is 33.1 Å². The standard InChI is InChI=1S/C11H24O5S.Na/c1-3-5-6-10(4-2)7-16-8-11(12)9-17(13,14)15;/h10-12H,3-9H2,1-2H3,(H,13,14,15);. The van der Waals surface area contributed by atoms with Gasteiger partial charge in [0.2, 0.25) is 0 Å². The second-order valence-electron chi connectivity index (χ2n) is 4.36. The van der Waals surface area contributed by atoms with Crippen LogP contribution >= 0.6 is 0 Å². The van der Waals surface area contributed by atoms with Gasteiger partial charge in [-0.3, -0.25) is 4.55 Å². The van der Waals surface area contributed by atoms with E-state index in [2.05, 4.69) is 13.8 Å². The quantitative estimate of drug-likeness (QED) is 0.465. The Bertz CT molecular complexity index is 281. The summed E-state index contributed by atoms with van der Waals surface area (Å²) in [7, 11) is -4.12. The van der Waals surface area contributed by atoms with Gasteiger partial charge in [0.1, 0.15) is 5.75 Å². The first-order valence-electron chi connectivity index (χ1n) is 6.10. The predicted molar refractivity (Wildman–Crippen MR) is 72.3 cm³/mol. The molecule has 0 aliphatic heterocycles. The SMILES string of the molecule is CCCCC(CC)COCC(O)CS(=O)(=O)O.[Na]. The fourth-order valence-corrected chi connectivity index (χ4v) is 2.14. The molecule has 2 atom stereocenters. The van der Waals surface area contributed by atoms with Crippen molar-refractivity contribution in [2.75, 3.05) is 19.0 Å². The van der Waals surface area contributed by atoms with Gasteiger partial charge >= 0.3 is 0 Å². The third kappa shape index (κ3) is 13.3. The Morgan fingerprint density at radius 3 is 2.28 bits per heavy atom. The van der Waals surface area contributed by atoms with E-state index < -0.39 is 22.0 Å². The van der Waals surface area contributed by atoms with Crippen LogP contribution in [0.15, 0.2) is 0 Å². The number of rotatable bonds is 10. The van der Waals surface area contributed by atoms with Crippen molar-refractivity contribution in [1.29, 1.82) is 0 Å². The minimum Gasteiger partial charge on any atom is -0.390 e. The zero-order valence-corrected chi connectivity index (χ0v) is 14.4. The Morgan fingerprint density at radius 2 is 1.83 bits per heavy atom. The number of unbranched alkanes of at least 4 members (excludes halogenated alkanes) is 1. The maximum Gasteiger partial charge on any atom is 0.267 e. The molecule has 0 saturated heterocycles. The van der Waals surface area contributed by atoms with E-state index in [1.54, 1.807) is 0 Å². The molecule has 105 valence electrons. The number of ether oxygens (including phenoxy) is 1. The first kappa shape index (κ1) is 21.1. The predicted octanol–water partition coefficient (Wildman–Crippen LogP) is 1.09. The van der Waals surface area contributed by atoms with Gasteiger partial charge in [0.15, 0.2) is 0 Å². The molecule has 0 fully saturated rings. The van der Waals surface area contributed by atoms with Crippen LogP contribution in [0.3, 0.4) is 0 Å². The number of aliphatic hydroxyl groups excluding tert-OH is 1. The van der Waals surface area contributed by atoms with Gasteiger partial charge in [-0.15, -0.1) is 0 Å². The Morgan fingerprint density at radius 1 is 1.22 bits per heavy atom. The third-order valence-electron chi connectivity index (χ3n) is 2.61. The molecule has 18 heavy (non-hydrogen) atoms. The van der Waals surface area contributed by atoms with Crippen LogP contribution < -0.4 is 0 Å². The molecule has 2 N–H and O–H groups in total. The van der Waals surface area contributed by atoms with E-state index >= 15 is 0 Å². The molecule has 1 radical (unpaired) electrons. The molecule has 0 heterocycles. The molecule has 0 bridgehead atoms. The first-order valence-corrected chi connectivity index (χ1v) is 7.70. The van der Waals surface area contributed by atoms with Crippen LogP contribution in [0.25, 0.3) is 0 Å². The molecule has 7 heteroatoms. The smallest absolute Gasteiger partial charge is 0.267 e. The Hall–Kier alpha value is 0.830. The van der Waals surface area contributed by atoms with Crippen LogP contribution in [0, 0.1) is 5.92 Å². The second kappa shape index (κ2) is 11.6. The molecule has 0 amide bonds. The van der Waals surface area contributed by atoms with E-state index in [1.165, 1.54) is 0 Å². The molecule has 0 aliphatic rings. The van der Waals surface area contributed by atoms with Gasteiger partial charge < -0.3 is 9.84 Å². The minimum absolute atomic E-state index is 0. The van der Waals surface area contributed by atoms with Crippen molar-refractivity contribution in [1.82, 2.24) is 0 Å². The van der Waals surface area contributed by atoms with Crippen molar-refractivity contribution in [3.8, 4) is 0 Å². The van der Waals surface area contributed by atoms with Crippen molar-refractivity contribution >= 4 is 39.7 Å². The van der Waals surface area contributed by atoms with Crippen molar-refractivity contribution in [2.24, 2.45) is 5.92 Å². The Balaban J connectivity index is 0. The van der Waals surface area contributed by atoms with Gasteiger partial charge in [-0.05, 0) is 12.3 Å². The summed E-state index contributed by atoms with van der Waals surface area (Å²) in [6, 6.07) is 0. The first-order chi connectivity index (χ1) is 7.89. The van der Waals surface area contributed by atoms with E-state index in [4.69, 9.17) is 9.29 Å². The van der Waals surface area contributed by atoms with Crippen LogP contribution in [0.2, 0.25) is 0 Å². The number of aliphatic hydroxyl groups is 1. The summed E-state index contributed by atoms with van der Waals surface area (Å²) in [5, 5.41) is 9.28. The molecule has 0 aromatic rings. The van der Waals surface area contributed by atoms with E-state index in [-0.39, 0.29) is 36.2 Å². The molecule has 0 saturated carbocycles. The summed E-state index contributed by atoms with van der Waals surface area (Å²) in [4.78, 5) is 0. The van der Waals surface area contributed by atoms with Gasteiger partial charge in [0.05, 0.1) is 12.7 Å². The average molecular weight is 291 g/mol. The molecular weight excluding hydrogens is 267 g/mol. The van der Waals surface area contributed by atoms with Crippen LogP contribution in [-0.4, -0.2) is 72.7 Å². The molecule has 0 spiro atoms. The molecule has 0 aliphatic carbocycles. The second-order valence-corrected chi connectivity index (χ2v) is 5.85. The topological polar surface area (TPSA) is 83.8 Å². The minimum atomic E-state index is -4.12. The fraction of sp³-hybridized carbons (Fsp3) is 1.00. The summed E-state index contributed by atoms with van der Waals surface area (Å²) < 4.78 is 34.7. The van der Waals surface area contributed by atoms with E-state index in [0.29, 0.717) is 12.5 Å². The normalized spacial score (nSPS) is 14.9. The van der Waals surface area contributed by atoms with Gasteiger partial charge in [-0.2, -0.15) is 8.42 Å². The zero-order chi connectivity index (χ0) is 13.3. The number of hydrogen-bond donors (Lipinski definition) is 2. The van der Waals surface area contributed by atoms with Crippen LogP contribution in [0.4, 0.5) is 0 Å². The molecule has 0 rings (SSSR count). The molecule has 0 aromatic carbocycles. The Kier molecular flexibility index (Phi) is 13.7. The van der Waals surface area contributed by atoms with Crippen molar-refractivity contribution in [2.45, 2.75) is 45.6 Å². The van der Waals surface area contributed by atoms with Crippen LogP contribution in [-0.2, 0) is 14.9 Å². The van der Waals surface area contributed by atoms with Crippen molar-refractivity contribution < 1.29 is 22.8 Å². The van der Waals surface area contributed by atoms with Gasteiger partial charge in [-0.25, -0.2) is 0 Å². The maximum absolute atomic E-state index is 10.5. The monoisotopic (exact) mass is 291 g/mol.